The van der Waals surface area contributed by atoms with Crippen LogP contribution in [0.25, 0.3) is 0 Å². The van der Waals surface area contributed by atoms with E-state index in [0.717, 1.165) is 10.2 Å². The molecule has 0 aromatic heterocycles. The van der Waals surface area contributed by atoms with Gasteiger partial charge in [-0.3, -0.25) is 0 Å². The van der Waals surface area contributed by atoms with E-state index in [2.05, 4.69) is 15.9 Å². The molecule has 0 heterocycles. The van der Waals surface area contributed by atoms with Crippen LogP contribution in [-0.4, -0.2) is 12.9 Å². The average Bonchev–Trinajstić information content (AvgIpc) is 2.71. The number of hydrogen-bond donors (Lipinski definition) is 0. The highest BCUT2D eigenvalue weighted by molar-refractivity contribution is 9.10. The molecule has 2 nitrogen and oxygen atoms in total. The summed E-state index contributed by atoms with van der Waals surface area (Å²) < 4.78 is 12.1. The van der Waals surface area contributed by atoms with Crippen molar-refractivity contribution in [3.63, 3.8) is 0 Å². The van der Waals surface area contributed by atoms with Crippen molar-refractivity contribution >= 4 is 15.9 Å². The normalized spacial score (nSPS) is 16.9. The first-order valence-corrected chi connectivity index (χ1v) is 6.14. The minimum absolute atomic E-state index is 0.362. The Labute approximate surface area is 98.7 Å². The van der Waals surface area contributed by atoms with Crippen LogP contribution in [-0.2, 0) is 4.74 Å². The van der Waals surface area contributed by atoms with E-state index >= 15 is 0 Å². The lowest BCUT2D eigenvalue weighted by molar-refractivity contribution is -0.0325. The van der Waals surface area contributed by atoms with Gasteiger partial charge in [0.1, 0.15) is 5.75 Å². The van der Waals surface area contributed by atoms with Gasteiger partial charge in [0.2, 0.25) is 0 Å². The Morgan fingerprint density at radius 2 is 2.07 bits per heavy atom. The lowest BCUT2D eigenvalue weighted by atomic mass is 10.3. The molecule has 0 radical (unpaired) electrons. The summed E-state index contributed by atoms with van der Waals surface area (Å²) in [6, 6.07) is 7.81. The molecule has 0 spiro atoms. The lowest BCUT2D eigenvalue weighted by Gasteiger charge is -2.12. The summed E-state index contributed by atoms with van der Waals surface area (Å²) in [6.07, 6.45) is 5.37. The van der Waals surface area contributed by atoms with Crippen LogP contribution in [0.3, 0.4) is 0 Å². The zero-order valence-electron chi connectivity index (χ0n) is 8.62. The molecule has 0 N–H and O–H groups in total. The number of ether oxygens (including phenoxy) is 2. The molecular weight excluding hydrogens is 256 g/mol. The second kappa shape index (κ2) is 5.52. The highest BCUT2D eigenvalue weighted by Gasteiger charge is 2.14. The van der Waals surface area contributed by atoms with Crippen molar-refractivity contribution in [1.82, 2.24) is 0 Å². The molecule has 0 bridgehead atoms. The Hall–Kier alpha value is -0.540. The van der Waals surface area contributed by atoms with E-state index in [1.165, 1.54) is 25.7 Å². The number of halogens is 1. The SMILES string of the molecule is Brc1cccc(OCOC2CCCC2)c1. The first-order chi connectivity index (χ1) is 7.34. The van der Waals surface area contributed by atoms with Crippen molar-refractivity contribution in [3.8, 4) is 5.75 Å². The first kappa shape index (κ1) is 11.0. The topological polar surface area (TPSA) is 18.5 Å². The maximum atomic E-state index is 5.61. The molecule has 0 unspecified atom stereocenters. The van der Waals surface area contributed by atoms with Gasteiger partial charge in [0, 0.05) is 4.47 Å². The Balaban J connectivity index is 1.73. The fraction of sp³-hybridized carbons (Fsp3) is 0.500. The minimum atomic E-state index is 0.362. The molecular formula is C12H15BrO2. The average molecular weight is 271 g/mol. The van der Waals surface area contributed by atoms with Crippen LogP contribution in [0.5, 0.6) is 5.75 Å². The van der Waals surface area contributed by atoms with E-state index in [1.807, 2.05) is 24.3 Å². The van der Waals surface area contributed by atoms with E-state index < -0.39 is 0 Å². The minimum Gasteiger partial charge on any atom is -0.468 e. The summed E-state index contributed by atoms with van der Waals surface area (Å²) in [5.74, 6) is 0.849. The molecule has 0 saturated heterocycles. The fourth-order valence-electron chi connectivity index (χ4n) is 1.81. The highest BCUT2D eigenvalue weighted by Crippen LogP contribution is 2.22. The molecule has 1 aromatic carbocycles. The maximum Gasteiger partial charge on any atom is 0.189 e. The third-order valence-electron chi connectivity index (χ3n) is 2.63. The van der Waals surface area contributed by atoms with Gasteiger partial charge in [-0.25, -0.2) is 0 Å². The van der Waals surface area contributed by atoms with Gasteiger partial charge in [-0.2, -0.15) is 0 Å². The molecule has 0 atom stereocenters. The summed E-state index contributed by atoms with van der Waals surface area (Å²) in [6.45, 7) is 0.362. The maximum absolute atomic E-state index is 5.61. The van der Waals surface area contributed by atoms with E-state index in [0.29, 0.717) is 12.9 Å². The molecule has 0 amide bonds. The van der Waals surface area contributed by atoms with Crippen molar-refractivity contribution < 1.29 is 9.47 Å². The van der Waals surface area contributed by atoms with Crippen LogP contribution in [0.2, 0.25) is 0 Å². The van der Waals surface area contributed by atoms with E-state index in [9.17, 15) is 0 Å². The van der Waals surface area contributed by atoms with Crippen molar-refractivity contribution in [3.05, 3.63) is 28.7 Å². The summed E-state index contributed by atoms with van der Waals surface area (Å²) >= 11 is 3.40. The Bertz CT molecular complexity index is 308. The van der Waals surface area contributed by atoms with E-state index in [-0.39, 0.29) is 0 Å². The summed E-state index contributed by atoms with van der Waals surface area (Å²) in [7, 11) is 0. The van der Waals surface area contributed by atoms with Gasteiger partial charge in [-0.15, -0.1) is 0 Å². The first-order valence-electron chi connectivity index (χ1n) is 5.34. The smallest absolute Gasteiger partial charge is 0.189 e. The van der Waals surface area contributed by atoms with Crippen molar-refractivity contribution in [2.24, 2.45) is 0 Å². The molecule has 1 aromatic rings. The zero-order valence-corrected chi connectivity index (χ0v) is 10.2. The Kier molecular flexibility index (Phi) is 4.03. The van der Waals surface area contributed by atoms with Gasteiger partial charge in [-0.1, -0.05) is 34.8 Å². The van der Waals surface area contributed by atoms with Crippen LogP contribution in [0.4, 0.5) is 0 Å². The standard InChI is InChI=1S/C12H15BrO2/c13-10-4-3-7-12(8-10)15-9-14-11-5-1-2-6-11/h3-4,7-8,11H,1-2,5-6,9H2. The van der Waals surface area contributed by atoms with Crippen LogP contribution in [0, 0.1) is 0 Å². The second-order valence-corrected chi connectivity index (χ2v) is 4.71. The molecule has 3 heteroatoms. The van der Waals surface area contributed by atoms with Gasteiger partial charge < -0.3 is 9.47 Å². The van der Waals surface area contributed by atoms with Crippen LogP contribution in [0.1, 0.15) is 25.7 Å². The molecule has 2 rings (SSSR count). The molecule has 1 fully saturated rings. The van der Waals surface area contributed by atoms with Crippen LogP contribution >= 0.6 is 15.9 Å². The van der Waals surface area contributed by atoms with Crippen LogP contribution in [0.15, 0.2) is 28.7 Å². The molecule has 1 aliphatic carbocycles. The molecule has 0 aliphatic heterocycles. The third kappa shape index (κ3) is 3.50. The van der Waals surface area contributed by atoms with Gasteiger partial charge in [0.05, 0.1) is 6.10 Å². The Morgan fingerprint density at radius 1 is 1.27 bits per heavy atom. The molecule has 15 heavy (non-hydrogen) atoms. The van der Waals surface area contributed by atoms with Crippen molar-refractivity contribution in [2.75, 3.05) is 6.79 Å². The number of rotatable bonds is 4. The predicted octanol–water partition coefficient (Wildman–Crippen LogP) is 3.74. The number of hydrogen-bond acceptors (Lipinski definition) is 2. The van der Waals surface area contributed by atoms with Gasteiger partial charge in [0.25, 0.3) is 0 Å². The molecule has 1 aliphatic rings. The monoisotopic (exact) mass is 270 g/mol. The quantitative estimate of drug-likeness (QED) is 0.776. The second-order valence-electron chi connectivity index (χ2n) is 3.79. The molecule has 1 saturated carbocycles. The molecule has 82 valence electrons. The summed E-state index contributed by atoms with van der Waals surface area (Å²) in [4.78, 5) is 0. The number of benzene rings is 1. The lowest BCUT2D eigenvalue weighted by Crippen LogP contribution is -2.12. The summed E-state index contributed by atoms with van der Waals surface area (Å²) in [5, 5.41) is 0. The van der Waals surface area contributed by atoms with E-state index in [1.54, 1.807) is 0 Å². The van der Waals surface area contributed by atoms with Crippen molar-refractivity contribution in [2.45, 2.75) is 31.8 Å². The Morgan fingerprint density at radius 3 is 2.80 bits per heavy atom. The highest BCUT2D eigenvalue weighted by atomic mass is 79.9. The van der Waals surface area contributed by atoms with E-state index in [4.69, 9.17) is 9.47 Å². The van der Waals surface area contributed by atoms with Gasteiger partial charge in [-0.05, 0) is 31.0 Å². The van der Waals surface area contributed by atoms with Gasteiger partial charge >= 0.3 is 0 Å². The van der Waals surface area contributed by atoms with Crippen molar-refractivity contribution in [1.29, 1.82) is 0 Å². The predicted molar refractivity (Wildman–Crippen MR) is 63.0 cm³/mol. The van der Waals surface area contributed by atoms with Gasteiger partial charge in [0.15, 0.2) is 6.79 Å². The summed E-state index contributed by atoms with van der Waals surface area (Å²) in [5.41, 5.74) is 0. The zero-order chi connectivity index (χ0) is 10.5. The largest absolute Gasteiger partial charge is 0.468 e. The fourth-order valence-corrected chi connectivity index (χ4v) is 2.19. The third-order valence-corrected chi connectivity index (χ3v) is 3.12. The van der Waals surface area contributed by atoms with Crippen LogP contribution < -0.4 is 4.74 Å².